The summed E-state index contributed by atoms with van der Waals surface area (Å²) in [5, 5.41) is 4.80. The number of halogens is 1. The Kier molecular flexibility index (Phi) is 5.64. The summed E-state index contributed by atoms with van der Waals surface area (Å²) in [4.78, 5) is 12.4. The van der Waals surface area contributed by atoms with Crippen molar-refractivity contribution in [3.63, 3.8) is 0 Å². The van der Waals surface area contributed by atoms with Gasteiger partial charge >= 0.3 is 0 Å². The molecule has 0 fully saturated rings. The van der Waals surface area contributed by atoms with Gasteiger partial charge in [0, 0.05) is 33.3 Å². The van der Waals surface area contributed by atoms with E-state index in [1.165, 1.54) is 11.3 Å². The Balaban J connectivity index is 2.37. The number of hydrogen-bond acceptors (Lipinski definition) is 3. The summed E-state index contributed by atoms with van der Waals surface area (Å²) < 4.78 is 11.9. The van der Waals surface area contributed by atoms with Crippen molar-refractivity contribution in [2.75, 3.05) is 12.8 Å². The Bertz CT molecular complexity index is 392. The van der Waals surface area contributed by atoms with Crippen molar-refractivity contribution in [1.29, 1.82) is 0 Å². The van der Waals surface area contributed by atoms with E-state index >= 15 is 0 Å². The van der Waals surface area contributed by atoms with Crippen LogP contribution in [0.3, 0.4) is 0 Å². The molecule has 1 rings (SSSR count). The summed E-state index contributed by atoms with van der Waals surface area (Å²) in [6.07, 6.45) is 2.42. The molecule has 0 bridgehead atoms. The van der Waals surface area contributed by atoms with Gasteiger partial charge in [-0.25, -0.2) is 0 Å². The molecule has 16 heavy (non-hydrogen) atoms. The lowest BCUT2D eigenvalue weighted by Gasteiger charge is -2.08. The van der Waals surface area contributed by atoms with Gasteiger partial charge in [0.1, 0.15) is 4.88 Å². The Morgan fingerprint density at radius 3 is 2.88 bits per heavy atom. The number of hydrogen-bond donors (Lipinski definition) is 1. The number of thiophene rings is 1. The first-order valence-corrected chi connectivity index (χ1v) is 8.15. The molecule has 1 amide bonds. The van der Waals surface area contributed by atoms with E-state index in [2.05, 4.69) is 21.2 Å². The van der Waals surface area contributed by atoms with Crippen LogP contribution in [-0.2, 0) is 10.8 Å². The standard InChI is InChI=1S/C10H14BrNO2S2/c1-7(16(2)14)3-5-12-10(13)9-8(11)4-6-15-9/h4,6-7H,3,5H2,1-2H3,(H,12,13). The third-order valence-electron chi connectivity index (χ3n) is 2.23. The third kappa shape index (κ3) is 3.99. The molecule has 2 atom stereocenters. The summed E-state index contributed by atoms with van der Waals surface area (Å²) in [6.45, 7) is 2.48. The normalized spacial score (nSPS) is 14.4. The van der Waals surface area contributed by atoms with Crippen molar-refractivity contribution >= 4 is 44.0 Å². The fraction of sp³-hybridized carbons (Fsp3) is 0.500. The number of carbonyl (C=O) groups is 1. The zero-order valence-electron chi connectivity index (χ0n) is 9.16. The maximum Gasteiger partial charge on any atom is 0.262 e. The lowest BCUT2D eigenvalue weighted by Crippen LogP contribution is -2.27. The minimum atomic E-state index is -0.824. The minimum Gasteiger partial charge on any atom is -0.351 e. The second kappa shape index (κ2) is 6.51. The predicted octanol–water partition coefficient (Wildman–Crippen LogP) is 2.40. The van der Waals surface area contributed by atoms with E-state index in [0.29, 0.717) is 11.4 Å². The molecule has 0 spiro atoms. The molecule has 3 nitrogen and oxygen atoms in total. The summed E-state index contributed by atoms with van der Waals surface area (Å²) in [5.41, 5.74) is 0. The van der Waals surface area contributed by atoms with Gasteiger partial charge in [-0.15, -0.1) is 11.3 Å². The summed E-state index contributed by atoms with van der Waals surface area (Å²) >= 11 is 4.72. The van der Waals surface area contributed by atoms with Crippen LogP contribution in [0.15, 0.2) is 15.9 Å². The van der Waals surface area contributed by atoms with Gasteiger partial charge in [-0.05, 0) is 33.8 Å². The zero-order chi connectivity index (χ0) is 12.1. The predicted molar refractivity (Wildman–Crippen MR) is 72.5 cm³/mol. The molecule has 0 radical (unpaired) electrons. The average molecular weight is 324 g/mol. The van der Waals surface area contributed by atoms with Crippen LogP contribution in [0.2, 0.25) is 0 Å². The van der Waals surface area contributed by atoms with E-state index < -0.39 is 10.8 Å². The van der Waals surface area contributed by atoms with Gasteiger partial charge in [-0.2, -0.15) is 0 Å². The van der Waals surface area contributed by atoms with Gasteiger partial charge in [-0.1, -0.05) is 6.92 Å². The summed E-state index contributed by atoms with van der Waals surface area (Å²) in [6, 6.07) is 1.85. The van der Waals surface area contributed by atoms with E-state index in [0.717, 1.165) is 10.9 Å². The highest BCUT2D eigenvalue weighted by Crippen LogP contribution is 2.22. The second-order valence-electron chi connectivity index (χ2n) is 3.45. The van der Waals surface area contributed by atoms with Crippen molar-refractivity contribution in [2.24, 2.45) is 0 Å². The molecule has 90 valence electrons. The molecule has 0 saturated heterocycles. The molecule has 0 aliphatic heterocycles. The first kappa shape index (κ1) is 13.9. The molecule has 1 aromatic rings. The monoisotopic (exact) mass is 323 g/mol. The van der Waals surface area contributed by atoms with Gasteiger partial charge in [-0.3, -0.25) is 9.00 Å². The van der Waals surface area contributed by atoms with Crippen molar-refractivity contribution in [1.82, 2.24) is 5.32 Å². The molecular weight excluding hydrogens is 310 g/mol. The number of carbonyl (C=O) groups excluding carboxylic acids is 1. The Labute approximate surface area is 110 Å². The summed E-state index contributed by atoms with van der Waals surface area (Å²) in [7, 11) is -0.824. The Hall–Kier alpha value is -0.200. The highest BCUT2D eigenvalue weighted by atomic mass is 79.9. The van der Waals surface area contributed by atoms with Gasteiger partial charge in [0.15, 0.2) is 0 Å². The molecule has 0 saturated carbocycles. The van der Waals surface area contributed by atoms with Gasteiger partial charge in [0.25, 0.3) is 5.91 Å². The third-order valence-corrected chi connectivity index (χ3v) is 5.43. The number of rotatable bonds is 5. The lowest BCUT2D eigenvalue weighted by atomic mass is 10.3. The van der Waals surface area contributed by atoms with Gasteiger partial charge in [0.05, 0.1) is 0 Å². The zero-order valence-corrected chi connectivity index (χ0v) is 12.4. The van der Waals surface area contributed by atoms with Gasteiger partial charge in [0.2, 0.25) is 0 Å². The Morgan fingerprint density at radius 2 is 2.38 bits per heavy atom. The SMILES string of the molecule is CC(CCNC(=O)c1sccc1Br)S(C)=O. The van der Waals surface area contributed by atoms with Crippen molar-refractivity contribution in [3.8, 4) is 0 Å². The number of nitrogens with one attached hydrogen (secondary N) is 1. The molecule has 0 aliphatic rings. The molecule has 6 heteroatoms. The summed E-state index contributed by atoms with van der Waals surface area (Å²) in [5.74, 6) is -0.0732. The minimum absolute atomic E-state index is 0.0732. The van der Waals surface area contributed by atoms with Gasteiger partial charge < -0.3 is 5.32 Å². The van der Waals surface area contributed by atoms with E-state index in [1.807, 2.05) is 18.4 Å². The van der Waals surface area contributed by atoms with Crippen molar-refractivity contribution in [3.05, 3.63) is 20.8 Å². The number of amides is 1. The van der Waals surface area contributed by atoms with Crippen LogP contribution in [0.1, 0.15) is 23.0 Å². The largest absolute Gasteiger partial charge is 0.351 e. The van der Waals surface area contributed by atoms with Crippen molar-refractivity contribution < 1.29 is 9.00 Å². The fourth-order valence-electron chi connectivity index (χ4n) is 1.09. The van der Waals surface area contributed by atoms with Crippen LogP contribution in [-0.4, -0.2) is 28.2 Å². The van der Waals surface area contributed by atoms with E-state index in [-0.39, 0.29) is 11.2 Å². The molecule has 0 aromatic carbocycles. The quantitative estimate of drug-likeness (QED) is 0.904. The van der Waals surface area contributed by atoms with E-state index in [4.69, 9.17) is 0 Å². The smallest absolute Gasteiger partial charge is 0.262 e. The molecular formula is C10H14BrNO2S2. The molecule has 1 N–H and O–H groups in total. The molecule has 1 heterocycles. The maximum atomic E-state index is 11.7. The maximum absolute atomic E-state index is 11.7. The molecule has 1 aromatic heterocycles. The first-order chi connectivity index (χ1) is 7.52. The first-order valence-electron chi connectivity index (χ1n) is 4.85. The fourth-order valence-corrected chi connectivity index (χ4v) is 3.01. The van der Waals surface area contributed by atoms with Crippen molar-refractivity contribution in [2.45, 2.75) is 18.6 Å². The van der Waals surface area contributed by atoms with Crippen LogP contribution in [0.4, 0.5) is 0 Å². The van der Waals surface area contributed by atoms with Crippen LogP contribution in [0.25, 0.3) is 0 Å². The van der Waals surface area contributed by atoms with Crippen LogP contribution < -0.4 is 5.32 Å². The molecule has 0 aliphatic carbocycles. The van der Waals surface area contributed by atoms with Crippen LogP contribution in [0.5, 0.6) is 0 Å². The Morgan fingerprint density at radius 1 is 1.69 bits per heavy atom. The highest BCUT2D eigenvalue weighted by Gasteiger charge is 2.12. The topological polar surface area (TPSA) is 46.2 Å². The highest BCUT2D eigenvalue weighted by molar-refractivity contribution is 9.10. The van der Waals surface area contributed by atoms with Crippen LogP contribution >= 0.6 is 27.3 Å². The second-order valence-corrected chi connectivity index (χ2v) is 7.02. The molecule has 2 unspecified atom stereocenters. The average Bonchev–Trinajstić information content (AvgIpc) is 2.64. The van der Waals surface area contributed by atoms with E-state index in [1.54, 1.807) is 6.26 Å². The van der Waals surface area contributed by atoms with E-state index in [9.17, 15) is 9.00 Å². The lowest BCUT2D eigenvalue weighted by molar-refractivity contribution is 0.0956. The van der Waals surface area contributed by atoms with Crippen LogP contribution in [0, 0.1) is 0 Å².